The Labute approximate surface area is 131 Å². The molecule has 0 aliphatic rings. The number of likely N-dealkylation sites (N-methyl/N-ethyl adjacent to an activating group) is 1. The van der Waals surface area contributed by atoms with E-state index in [1.165, 1.54) is 0 Å². The van der Waals surface area contributed by atoms with Gasteiger partial charge in [0.15, 0.2) is 0 Å². The Morgan fingerprint density at radius 3 is 2.52 bits per heavy atom. The van der Waals surface area contributed by atoms with Crippen LogP contribution in [0.25, 0.3) is 5.69 Å². The average Bonchev–Trinajstić information content (AvgIpc) is 2.73. The van der Waals surface area contributed by atoms with Crippen LogP contribution in [0.15, 0.2) is 30.3 Å². The molecule has 1 aromatic heterocycles. The molecular weight excluding hydrogens is 288 g/mol. The van der Waals surface area contributed by atoms with Gasteiger partial charge in [0.25, 0.3) is 0 Å². The first-order chi connectivity index (χ1) is 9.63. The summed E-state index contributed by atoms with van der Waals surface area (Å²) >= 11 is 0. The van der Waals surface area contributed by atoms with Crippen LogP contribution in [0.5, 0.6) is 0 Å². The van der Waals surface area contributed by atoms with Crippen molar-refractivity contribution in [2.45, 2.75) is 20.4 Å². The summed E-state index contributed by atoms with van der Waals surface area (Å²) in [4.78, 5) is 11.5. The number of amides is 1. The highest BCUT2D eigenvalue weighted by atomic mass is 35.5. The lowest BCUT2D eigenvalue weighted by Crippen LogP contribution is -2.31. The molecule has 2 N–H and O–H groups in total. The third-order valence-electron chi connectivity index (χ3n) is 3.24. The van der Waals surface area contributed by atoms with Gasteiger partial charge in [0.1, 0.15) is 0 Å². The van der Waals surface area contributed by atoms with Crippen LogP contribution in [-0.4, -0.2) is 29.3 Å². The van der Waals surface area contributed by atoms with E-state index in [4.69, 9.17) is 0 Å². The molecule has 1 aromatic carbocycles. The predicted molar refractivity (Wildman–Crippen MR) is 86.1 cm³/mol. The normalized spacial score (nSPS) is 10.0. The summed E-state index contributed by atoms with van der Waals surface area (Å²) in [5, 5.41) is 10.3. The molecule has 0 spiro atoms. The van der Waals surface area contributed by atoms with Crippen molar-refractivity contribution in [1.29, 1.82) is 0 Å². The van der Waals surface area contributed by atoms with Crippen LogP contribution in [-0.2, 0) is 11.3 Å². The van der Waals surface area contributed by atoms with Crippen LogP contribution in [0.2, 0.25) is 0 Å². The van der Waals surface area contributed by atoms with E-state index in [1.54, 1.807) is 7.05 Å². The molecule has 114 valence electrons. The van der Waals surface area contributed by atoms with Crippen molar-refractivity contribution in [2.75, 3.05) is 13.6 Å². The van der Waals surface area contributed by atoms with E-state index in [2.05, 4.69) is 15.7 Å². The second kappa shape index (κ2) is 7.81. The smallest absolute Gasteiger partial charge is 0.234 e. The number of aromatic nitrogens is 2. The first-order valence-corrected chi connectivity index (χ1v) is 6.65. The summed E-state index contributed by atoms with van der Waals surface area (Å²) in [5.74, 6) is -0.0150. The Balaban J connectivity index is 0.00000220. The largest absolute Gasteiger partial charge is 0.351 e. The van der Waals surface area contributed by atoms with Crippen molar-refractivity contribution in [2.24, 2.45) is 0 Å². The van der Waals surface area contributed by atoms with Crippen molar-refractivity contribution in [3.8, 4) is 5.69 Å². The fourth-order valence-electron chi connectivity index (χ4n) is 2.16. The second-order valence-electron chi connectivity index (χ2n) is 4.70. The number of nitrogens with zero attached hydrogens (tertiary/aromatic N) is 2. The summed E-state index contributed by atoms with van der Waals surface area (Å²) in [7, 11) is 1.75. The molecule has 0 saturated carbocycles. The number of para-hydroxylation sites is 1. The van der Waals surface area contributed by atoms with E-state index < -0.39 is 0 Å². The first kappa shape index (κ1) is 17.2. The number of hydrogen-bond acceptors (Lipinski definition) is 3. The molecule has 2 rings (SSSR count). The fraction of sp³-hybridized carbons (Fsp3) is 0.333. The Hall–Kier alpha value is -1.85. The van der Waals surface area contributed by atoms with Gasteiger partial charge in [-0.15, -0.1) is 12.4 Å². The zero-order chi connectivity index (χ0) is 14.5. The minimum Gasteiger partial charge on any atom is -0.351 e. The third-order valence-corrected chi connectivity index (χ3v) is 3.24. The Bertz CT molecular complexity index is 595. The highest BCUT2D eigenvalue weighted by Crippen LogP contribution is 2.17. The Kier molecular flexibility index (Phi) is 6.39. The maximum atomic E-state index is 11.5. The fourth-order valence-corrected chi connectivity index (χ4v) is 2.16. The van der Waals surface area contributed by atoms with Crippen LogP contribution >= 0.6 is 12.4 Å². The summed E-state index contributed by atoms with van der Waals surface area (Å²) in [6.07, 6.45) is 0. The van der Waals surface area contributed by atoms with E-state index in [9.17, 15) is 4.79 Å². The number of halogens is 1. The van der Waals surface area contributed by atoms with Crippen LogP contribution in [0, 0.1) is 13.8 Å². The quantitative estimate of drug-likeness (QED) is 0.884. The molecule has 0 bridgehead atoms. The van der Waals surface area contributed by atoms with Crippen molar-refractivity contribution in [3.05, 3.63) is 47.3 Å². The van der Waals surface area contributed by atoms with E-state index in [1.807, 2.05) is 48.9 Å². The molecule has 1 heterocycles. The molecule has 0 fully saturated rings. The minimum absolute atomic E-state index is 0. The van der Waals surface area contributed by atoms with Crippen molar-refractivity contribution >= 4 is 18.3 Å². The molecule has 0 unspecified atom stereocenters. The molecule has 5 nitrogen and oxygen atoms in total. The zero-order valence-electron chi connectivity index (χ0n) is 12.5. The zero-order valence-corrected chi connectivity index (χ0v) is 13.3. The van der Waals surface area contributed by atoms with Crippen LogP contribution in [0.1, 0.15) is 17.0 Å². The highest BCUT2D eigenvalue weighted by Gasteiger charge is 2.13. The van der Waals surface area contributed by atoms with Crippen LogP contribution in [0.4, 0.5) is 0 Å². The first-order valence-electron chi connectivity index (χ1n) is 6.65. The summed E-state index contributed by atoms with van der Waals surface area (Å²) < 4.78 is 1.91. The van der Waals surface area contributed by atoms with Gasteiger partial charge >= 0.3 is 0 Å². The summed E-state index contributed by atoms with van der Waals surface area (Å²) in [6, 6.07) is 9.99. The third kappa shape index (κ3) is 4.06. The molecule has 0 aliphatic carbocycles. The SMILES string of the molecule is CNCC(=O)NCc1c(C)nn(-c2ccccc2)c1C.Cl. The highest BCUT2D eigenvalue weighted by molar-refractivity contribution is 5.85. The molecule has 1 amide bonds. The van der Waals surface area contributed by atoms with Gasteiger partial charge < -0.3 is 10.6 Å². The van der Waals surface area contributed by atoms with Gasteiger partial charge in [-0.3, -0.25) is 4.79 Å². The standard InChI is InChI=1S/C15H20N4O.ClH/c1-11-14(9-17-15(20)10-16-3)12(2)19(18-11)13-7-5-4-6-8-13;/h4-8,16H,9-10H2,1-3H3,(H,17,20);1H. The number of rotatable bonds is 5. The topological polar surface area (TPSA) is 59.0 Å². The van der Waals surface area contributed by atoms with E-state index in [0.29, 0.717) is 13.1 Å². The van der Waals surface area contributed by atoms with Crippen LogP contribution < -0.4 is 10.6 Å². The van der Waals surface area contributed by atoms with Gasteiger partial charge in [-0.05, 0) is 33.0 Å². The molecule has 2 aromatic rings. The Morgan fingerprint density at radius 1 is 1.24 bits per heavy atom. The Morgan fingerprint density at radius 2 is 1.90 bits per heavy atom. The number of aryl methyl sites for hydroxylation is 1. The van der Waals surface area contributed by atoms with Crippen LogP contribution in [0.3, 0.4) is 0 Å². The molecule has 21 heavy (non-hydrogen) atoms. The summed E-state index contributed by atoms with van der Waals surface area (Å²) in [5.41, 5.74) is 4.09. The maximum absolute atomic E-state index is 11.5. The lowest BCUT2D eigenvalue weighted by Gasteiger charge is -2.07. The molecule has 0 radical (unpaired) electrons. The molecule has 6 heteroatoms. The van der Waals surface area contributed by atoms with Crippen molar-refractivity contribution in [1.82, 2.24) is 20.4 Å². The van der Waals surface area contributed by atoms with Gasteiger partial charge in [0.2, 0.25) is 5.91 Å². The van der Waals surface area contributed by atoms with Gasteiger partial charge in [0, 0.05) is 17.8 Å². The number of hydrogen-bond donors (Lipinski definition) is 2. The number of carbonyl (C=O) groups is 1. The monoisotopic (exact) mass is 308 g/mol. The van der Waals surface area contributed by atoms with Crippen molar-refractivity contribution in [3.63, 3.8) is 0 Å². The number of nitrogens with one attached hydrogen (secondary N) is 2. The lowest BCUT2D eigenvalue weighted by atomic mass is 10.2. The molecule has 0 saturated heterocycles. The van der Waals surface area contributed by atoms with Gasteiger partial charge in [-0.1, -0.05) is 18.2 Å². The van der Waals surface area contributed by atoms with Crippen molar-refractivity contribution < 1.29 is 4.79 Å². The van der Waals surface area contributed by atoms with Gasteiger partial charge in [-0.2, -0.15) is 5.10 Å². The van der Waals surface area contributed by atoms with E-state index >= 15 is 0 Å². The lowest BCUT2D eigenvalue weighted by molar-refractivity contribution is -0.120. The molecule has 0 aliphatic heterocycles. The molecular formula is C15H21ClN4O. The minimum atomic E-state index is -0.0150. The van der Waals surface area contributed by atoms with E-state index in [0.717, 1.165) is 22.6 Å². The average molecular weight is 309 g/mol. The number of carbonyl (C=O) groups excluding carboxylic acids is 1. The maximum Gasteiger partial charge on any atom is 0.234 e. The van der Waals surface area contributed by atoms with Gasteiger partial charge in [-0.25, -0.2) is 4.68 Å². The van der Waals surface area contributed by atoms with E-state index in [-0.39, 0.29) is 18.3 Å². The van der Waals surface area contributed by atoms with Gasteiger partial charge in [0.05, 0.1) is 17.9 Å². The predicted octanol–water partition coefficient (Wildman–Crippen LogP) is 1.75. The number of benzene rings is 1. The molecule has 0 atom stereocenters. The second-order valence-corrected chi connectivity index (χ2v) is 4.70. The summed E-state index contributed by atoms with van der Waals surface area (Å²) in [6.45, 7) is 4.81.